The van der Waals surface area contributed by atoms with Gasteiger partial charge in [0, 0.05) is 19.5 Å². The molecule has 1 aliphatic carbocycles. The van der Waals surface area contributed by atoms with Crippen LogP contribution in [0.3, 0.4) is 0 Å². The van der Waals surface area contributed by atoms with Gasteiger partial charge < -0.3 is 25.0 Å². The predicted octanol–water partition coefficient (Wildman–Crippen LogP) is 2.40. The van der Waals surface area contributed by atoms with E-state index in [0.29, 0.717) is 19.4 Å². The highest BCUT2D eigenvalue weighted by Crippen LogP contribution is 2.28. The van der Waals surface area contributed by atoms with Crippen LogP contribution in [-0.2, 0) is 19.1 Å². The molecule has 1 unspecified atom stereocenters. The molecule has 2 amide bonds. The molecule has 0 aliphatic heterocycles. The van der Waals surface area contributed by atoms with Crippen LogP contribution in [0.15, 0.2) is 23.3 Å². The first-order chi connectivity index (χ1) is 14.0. The van der Waals surface area contributed by atoms with Crippen molar-refractivity contribution in [2.75, 3.05) is 40.9 Å². The van der Waals surface area contributed by atoms with E-state index in [-0.39, 0.29) is 24.3 Å². The van der Waals surface area contributed by atoms with Crippen LogP contribution in [0.25, 0.3) is 0 Å². The maximum atomic E-state index is 12.3. The molecule has 8 nitrogen and oxygen atoms in total. The minimum atomic E-state index is -0.945. The number of carbonyl (C=O) groups is 3. The van der Waals surface area contributed by atoms with Gasteiger partial charge in [0.1, 0.15) is 12.1 Å². The number of nitrogens with zero attached hydrogens (tertiary/aromatic N) is 1. The second kappa shape index (κ2) is 12.4. The molecule has 0 saturated carbocycles. The average molecular weight is 424 g/mol. The van der Waals surface area contributed by atoms with E-state index in [4.69, 9.17) is 4.74 Å². The molecule has 0 aromatic carbocycles. The lowest BCUT2D eigenvalue weighted by atomic mass is 9.87. The van der Waals surface area contributed by atoms with Crippen molar-refractivity contribution in [1.82, 2.24) is 15.5 Å². The summed E-state index contributed by atoms with van der Waals surface area (Å²) in [6.45, 7) is 7.02. The van der Waals surface area contributed by atoms with E-state index >= 15 is 0 Å². The summed E-state index contributed by atoms with van der Waals surface area (Å²) < 4.78 is 9.49. The Morgan fingerprint density at radius 3 is 2.53 bits per heavy atom. The summed E-state index contributed by atoms with van der Waals surface area (Å²) in [5.41, 5.74) is 1.36. The molecule has 0 spiro atoms. The second-order valence-electron chi connectivity index (χ2n) is 8.50. The second-order valence-corrected chi connectivity index (χ2v) is 8.50. The minimum Gasteiger partial charge on any atom is -0.438 e. The van der Waals surface area contributed by atoms with Gasteiger partial charge in [-0.2, -0.15) is 0 Å². The molecular formula is C22H37N3O5. The highest BCUT2D eigenvalue weighted by Gasteiger charge is 2.28. The van der Waals surface area contributed by atoms with Crippen LogP contribution in [0.5, 0.6) is 0 Å². The lowest BCUT2D eigenvalue weighted by Crippen LogP contribution is -2.55. The minimum absolute atomic E-state index is 0.130. The van der Waals surface area contributed by atoms with E-state index in [1.54, 1.807) is 13.8 Å². The lowest BCUT2D eigenvalue weighted by Gasteiger charge is -2.26. The standard InChI is InChI=1S/C22H37N3O5/c1-16-14-17(10-11-18(16)15-30-21(28)29-6)8-7-9-19(26)24-22(2,3)20(27)23-12-13-25(4)5/h10-11,16H,7-9,12-15H2,1-6H3,(H,23,27)(H,24,26). The summed E-state index contributed by atoms with van der Waals surface area (Å²) in [6, 6.07) is 0. The monoisotopic (exact) mass is 423 g/mol. The summed E-state index contributed by atoms with van der Waals surface area (Å²) in [4.78, 5) is 37.7. The molecule has 1 rings (SSSR count). The van der Waals surface area contributed by atoms with Crippen LogP contribution >= 0.6 is 0 Å². The average Bonchev–Trinajstić information content (AvgIpc) is 2.66. The Morgan fingerprint density at radius 1 is 1.23 bits per heavy atom. The van der Waals surface area contributed by atoms with Crippen LogP contribution in [0, 0.1) is 5.92 Å². The Morgan fingerprint density at radius 2 is 1.93 bits per heavy atom. The fraction of sp³-hybridized carbons (Fsp3) is 0.682. The first kappa shape index (κ1) is 25.7. The van der Waals surface area contributed by atoms with Crippen molar-refractivity contribution in [1.29, 1.82) is 0 Å². The summed E-state index contributed by atoms with van der Waals surface area (Å²) in [5.74, 6) is -0.0449. The van der Waals surface area contributed by atoms with Gasteiger partial charge in [0.2, 0.25) is 11.8 Å². The fourth-order valence-electron chi connectivity index (χ4n) is 3.12. The lowest BCUT2D eigenvalue weighted by molar-refractivity contribution is -0.132. The Balaban J connectivity index is 2.39. The molecule has 0 fully saturated rings. The molecule has 0 aromatic rings. The normalized spacial score (nSPS) is 16.4. The molecule has 0 radical (unpaired) electrons. The zero-order chi connectivity index (χ0) is 22.7. The molecule has 1 aliphatic rings. The largest absolute Gasteiger partial charge is 0.508 e. The summed E-state index contributed by atoms with van der Waals surface area (Å²) in [7, 11) is 5.16. The Labute approximate surface area is 180 Å². The molecule has 0 bridgehead atoms. The van der Waals surface area contributed by atoms with Gasteiger partial charge in [-0.1, -0.05) is 24.6 Å². The van der Waals surface area contributed by atoms with Crippen LogP contribution in [0.2, 0.25) is 0 Å². The fourth-order valence-corrected chi connectivity index (χ4v) is 3.12. The molecule has 2 N–H and O–H groups in total. The maximum Gasteiger partial charge on any atom is 0.508 e. The van der Waals surface area contributed by atoms with Crippen molar-refractivity contribution in [2.45, 2.75) is 52.0 Å². The van der Waals surface area contributed by atoms with Gasteiger partial charge in [0.25, 0.3) is 0 Å². The summed E-state index contributed by atoms with van der Waals surface area (Å²) in [5, 5.41) is 5.67. The van der Waals surface area contributed by atoms with Crippen molar-refractivity contribution in [3.63, 3.8) is 0 Å². The molecule has 170 valence electrons. The van der Waals surface area contributed by atoms with E-state index in [0.717, 1.165) is 25.0 Å². The predicted molar refractivity (Wildman–Crippen MR) is 116 cm³/mol. The number of rotatable bonds is 11. The van der Waals surface area contributed by atoms with Crippen molar-refractivity contribution in [3.05, 3.63) is 23.3 Å². The van der Waals surface area contributed by atoms with Crippen molar-refractivity contribution < 1.29 is 23.9 Å². The first-order valence-corrected chi connectivity index (χ1v) is 10.4. The maximum absolute atomic E-state index is 12.3. The number of amides is 2. The zero-order valence-corrected chi connectivity index (χ0v) is 19.2. The summed E-state index contributed by atoms with van der Waals surface area (Å²) in [6.07, 6.45) is 6.10. The van der Waals surface area contributed by atoms with Crippen molar-refractivity contribution >= 4 is 18.0 Å². The van der Waals surface area contributed by atoms with E-state index in [1.807, 2.05) is 31.1 Å². The van der Waals surface area contributed by atoms with Gasteiger partial charge in [-0.25, -0.2) is 4.79 Å². The topological polar surface area (TPSA) is 97.0 Å². The van der Waals surface area contributed by atoms with E-state index < -0.39 is 11.7 Å². The molecule has 0 heterocycles. The zero-order valence-electron chi connectivity index (χ0n) is 19.2. The quantitative estimate of drug-likeness (QED) is 0.496. The van der Waals surface area contributed by atoms with Crippen molar-refractivity contribution in [3.8, 4) is 0 Å². The van der Waals surface area contributed by atoms with Gasteiger partial charge in [0.15, 0.2) is 0 Å². The van der Waals surface area contributed by atoms with Crippen LogP contribution < -0.4 is 10.6 Å². The number of ether oxygens (including phenoxy) is 2. The first-order valence-electron chi connectivity index (χ1n) is 10.4. The van der Waals surface area contributed by atoms with Gasteiger partial charge in [-0.15, -0.1) is 0 Å². The number of carbonyl (C=O) groups excluding carboxylic acids is 3. The van der Waals surface area contributed by atoms with E-state index in [2.05, 4.69) is 22.3 Å². The molecule has 1 atom stereocenters. The molecule has 8 heteroatoms. The van der Waals surface area contributed by atoms with Crippen LogP contribution in [-0.4, -0.2) is 69.3 Å². The number of nitrogens with one attached hydrogen (secondary N) is 2. The third-order valence-corrected chi connectivity index (χ3v) is 5.02. The Hall–Kier alpha value is -2.35. The third-order valence-electron chi connectivity index (χ3n) is 5.02. The Bertz CT molecular complexity index is 668. The highest BCUT2D eigenvalue weighted by molar-refractivity contribution is 5.90. The number of methoxy groups -OCH3 is 1. The third kappa shape index (κ3) is 9.43. The Kier molecular flexibility index (Phi) is 10.6. The number of likely N-dealkylation sites (N-methyl/N-ethyl adjacent to an activating group) is 1. The number of hydrogen-bond donors (Lipinski definition) is 2. The smallest absolute Gasteiger partial charge is 0.438 e. The number of allylic oxidation sites excluding steroid dienone is 3. The van der Waals surface area contributed by atoms with E-state index in [1.165, 1.54) is 12.7 Å². The SMILES string of the molecule is COC(=O)OCC1=CC=C(CCCC(=O)NC(C)(C)C(=O)NCCN(C)C)CC1C. The molecule has 0 saturated heterocycles. The van der Waals surface area contributed by atoms with E-state index in [9.17, 15) is 14.4 Å². The van der Waals surface area contributed by atoms with Gasteiger partial charge in [-0.3, -0.25) is 9.59 Å². The highest BCUT2D eigenvalue weighted by atomic mass is 16.7. The number of hydrogen-bond acceptors (Lipinski definition) is 6. The molecule has 0 aromatic heterocycles. The molecule has 30 heavy (non-hydrogen) atoms. The molecular weight excluding hydrogens is 386 g/mol. The van der Waals surface area contributed by atoms with Crippen LogP contribution in [0.4, 0.5) is 4.79 Å². The van der Waals surface area contributed by atoms with Crippen LogP contribution in [0.1, 0.15) is 46.5 Å². The van der Waals surface area contributed by atoms with Gasteiger partial charge >= 0.3 is 6.16 Å². The summed E-state index contributed by atoms with van der Waals surface area (Å²) >= 11 is 0. The van der Waals surface area contributed by atoms with Gasteiger partial charge in [-0.05, 0) is 58.7 Å². The van der Waals surface area contributed by atoms with Gasteiger partial charge in [0.05, 0.1) is 7.11 Å². The van der Waals surface area contributed by atoms with Crippen molar-refractivity contribution in [2.24, 2.45) is 5.92 Å².